The van der Waals surface area contributed by atoms with Crippen LogP contribution in [0.15, 0.2) is 16.3 Å². The monoisotopic (exact) mass is 336 g/mol. The van der Waals surface area contributed by atoms with Crippen LogP contribution in [0.2, 0.25) is 4.34 Å². The molecule has 0 aliphatic carbocycles. The molecule has 1 aliphatic rings. The third-order valence-electron chi connectivity index (χ3n) is 3.68. The van der Waals surface area contributed by atoms with Crippen LogP contribution in [0, 0.1) is 5.92 Å². The van der Waals surface area contributed by atoms with Gasteiger partial charge in [0, 0.05) is 12.6 Å². The first-order valence-electron chi connectivity index (χ1n) is 6.89. The van der Waals surface area contributed by atoms with Crippen molar-refractivity contribution in [3.8, 4) is 0 Å². The van der Waals surface area contributed by atoms with Gasteiger partial charge in [-0.05, 0) is 44.0 Å². The number of nitrogens with one attached hydrogen (secondary N) is 1. The summed E-state index contributed by atoms with van der Waals surface area (Å²) in [6.07, 6.45) is 2.41. The summed E-state index contributed by atoms with van der Waals surface area (Å²) in [5.74, 6) is 0.419. The molecule has 1 aliphatic heterocycles. The number of hydrogen-bond donors (Lipinski definition) is 1. The Bertz CT molecular complexity index is 536. The molecule has 0 bridgehead atoms. The normalized spacial score (nSPS) is 18.8. The summed E-state index contributed by atoms with van der Waals surface area (Å²) in [5, 5.41) is 0. The first kappa shape index (κ1) is 16.2. The summed E-state index contributed by atoms with van der Waals surface area (Å²) in [5.41, 5.74) is 0. The third kappa shape index (κ3) is 3.95. The Balaban J connectivity index is 2.01. The first-order valence-corrected chi connectivity index (χ1v) is 9.57. The average Bonchev–Trinajstić information content (AvgIpc) is 3.00. The van der Waals surface area contributed by atoms with E-state index in [0.717, 1.165) is 24.4 Å². The van der Waals surface area contributed by atoms with Gasteiger partial charge >= 0.3 is 0 Å². The lowest BCUT2D eigenvalue weighted by molar-refractivity contribution is 0.193. The van der Waals surface area contributed by atoms with Gasteiger partial charge in [-0.3, -0.25) is 4.90 Å². The topological polar surface area (TPSA) is 49.4 Å². The summed E-state index contributed by atoms with van der Waals surface area (Å²) in [6.45, 7) is 6.86. The standard InChI is InChI=1S/C13H21ClN2O2S2/c1-10(2)11(16-7-3-4-8-16)9-15-20(17,18)13-6-5-12(14)19-13/h5-6,10-11,15H,3-4,7-9H2,1-2H3. The zero-order chi connectivity index (χ0) is 14.8. The molecule has 0 saturated carbocycles. The molecule has 1 N–H and O–H groups in total. The number of hydrogen-bond acceptors (Lipinski definition) is 4. The summed E-state index contributed by atoms with van der Waals surface area (Å²) in [6, 6.07) is 3.42. The highest BCUT2D eigenvalue weighted by molar-refractivity contribution is 7.91. The van der Waals surface area contributed by atoms with Crippen LogP contribution in [0.25, 0.3) is 0 Å². The molecular formula is C13H21ClN2O2S2. The fourth-order valence-electron chi connectivity index (χ4n) is 2.57. The Morgan fingerprint density at radius 3 is 2.50 bits per heavy atom. The molecule has 1 aromatic rings. The first-order chi connectivity index (χ1) is 9.40. The molecule has 1 atom stereocenters. The number of thiophene rings is 1. The number of halogens is 1. The molecule has 0 aromatic carbocycles. The van der Waals surface area contributed by atoms with Gasteiger partial charge in [-0.1, -0.05) is 25.4 Å². The Morgan fingerprint density at radius 1 is 1.35 bits per heavy atom. The van der Waals surface area contributed by atoms with Crippen LogP contribution in [0.3, 0.4) is 0 Å². The van der Waals surface area contributed by atoms with Crippen molar-refractivity contribution in [3.63, 3.8) is 0 Å². The van der Waals surface area contributed by atoms with Gasteiger partial charge in [0.1, 0.15) is 4.21 Å². The Morgan fingerprint density at radius 2 is 2.00 bits per heavy atom. The second kappa shape index (κ2) is 6.75. The SMILES string of the molecule is CC(C)C(CNS(=O)(=O)c1ccc(Cl)s1)N1CCCC1. The van der Waals surface area contributed by atoms with E-state index in [1.54, 1.807) is 12.1 Å². The number of nitrogens with zero attached hydrogens (tertiary/aromatic N) is 1. The van der Waals surface area contributed by atoms with E-state index in [2.05, 4.69) is 23.5 Å². The summed E-state index contributed by atoms with van der Waals surface area (Å²) < 4.78 is 27.9. The Hall–Kier alpha value is -0.140. The van der Waals surface area contributed by atoms with Crippen LogP contribution in [0.4, 0.5) is 0 Å². The summed E-state index contributed by atoms with van der Waals surface area (Å²) >= 11 is 6.89. The van der Waals surface area contributed by atoms with Crippen LogP contribution in [0.5, 0.6) is 0 Å². The van der Waals surface area contributed by atoms with Crippen molar-refractivity contribution in [1.29, 1.82) is 0 Å². The van der Waals surface area contributed by atoms with Gasteiger partial charge in [0.25, 0.3) is 0 Å². The van der Waals surface area contributed by atoms with Crippen LogP contribution >= 0.6 is 22.9 Å². The van der Waals surface area contributed by atoms with Gasteiger partial charge < -0.3 is 0 Å². The Kier molecular flexibility index (Phi) is 5.48. The molecule has 2 rings (SSSR count). The molecule has 1 saturated heterocycles. The minimum absolute atomic E-state index is 0.253. The zero-order valence-corrected chi connectivity index (χ0v) is 14.2. The molecule has 20 heavy (non-hydrogen) atoms. The highest BCUT2D eigenvalue weighted by atomic mass is 35.5. The fourth-order valence-corrected chi connectivity index (χ4v) is 5.15. The van der Waals surface area contributed by atoms with Crippen LogP contribution in [-0.4, -0.2) is 39.0 Å². The molecule has 4 nitrogen and oxygen atoms in total. The number of rotatable bonds is 6. The highest BCUT2D eigenvalue weighted by Crippen LogP contribution is 2.25. The maximum atomic E-state index is 12.2. The van der Waals surface area contributed by atoms with Crippen molar-refractivity contribution in [1.82, 2.24) is 9.62 Å². The molecule has 7 heteroatoms. The minimum atomic E-state index is -3.44. The molecule has 1 fully saturated rings. The predicted octanol–water partition coefficient (Wildman–Crippen LogP) is 2.80. The quantitative estimate of drug-likeness (QED) is 0.869. The number of sulfonamides is 1. The molecular weight excluding hydrogens is 316 g/mol. The van der Waals surface area contributed by atoms with Crippen molar-refractivity contribution >= 4 is 33.0 Å². The molecule has 0 radical (unpaired) electrons. The molecule has 2 heterocycles. The van der Waals surface area contributed by atoms with Crippen molar-refractivity contribution in [3.05, 3.63) is 16.5 Å². The van der Waals surface area contributed by atoms with E-state index in [1.807, 2.05) is 0 Å². The molecule has 0 amide bonds. The predicted molar refractivity (Wildman–Crippen MR) is 84.0 cm³/mol. The fraction of sp³-hybridized carbons (Fsp3) is 0.692. The van der Waals surface area contributed by atoms with E-state index in [-0.39, 0.29) is 10.3 Å². The average molecular weight is 337 g/mol. The van der Waals surface area contributed by atoms with Gasteiger partial charge in [-0.2, -0.15) is 0 Å². The second-order valence-electron chi connectivity index (χ2n) is 5.46. The number of likely N-dealkylation sites (tertiary alicyclic amines) is 1. The lowest BCUT2D eigenvalue weighted by atomic mass is 10.0. The van der Waals surface area contributed by atoms with Gasteiger partial charge in [-0.15, -0.1) is 11.3 Å². The van der Waals surface area contributed by atoms with Crippen LogP contribution in [-0.2, 0) is 10.0 Å². The second-order valence-corrected chi connectivity index (χ2v) is 9.17. The lowest BCUT2D eigenvalue weighted by Crippen LogP contribution is -2.45. The van der Waals surface area contributed by atoms with E-state index >= 15 is 0 Å². The van der Waals surface area contributed by atoms with E-state index < -0.39 is 10.0 Å². The van der Waals surface area contributed by atoms with Crippen LogP contribution in [0.1, 0.15) is 26.7 Å². The summed E-state index contributed by atoms with van der Waals surface area (Å²) in [7, 11) is -3.44. The maximum absolute atomic E-state index is 12.2. The van der Waals surface area contributed by atoms with Gasteiger partial charge in [0.05, 0.1) is 4.34 Å². The van der Waals surface area contributed by atoms with E-state index in [4.69, 9.17) is 11.6 Å². The maximum Gasteiger partial charge on any atom is 0.250 e. The van der Waals surface area contributed by atoms with Crippen molar-refractivity contribution in [2.75, 3.05) is 19.6 Å². The summed E-state index contributed by atoms with van der Waals surface area (Å²) in [4.78, 5) is 2.38. The molecule has 1 unspecified atom stereocenters. The largest absolute Gasteiger partial charge is 0.299 e. The smallest absolute Gasteiger partial charge is 0.250 e. The van der Waals surface area contributed by atoms with Crippen molar-refractivity contribution in [2.24, 2.45) is 5.92 Å². The minimum Gasteiger partial charge on any atom is -0.299 e. The Labute approximate surface area is 130 Å². The molecule has 0 spiro atoms. The van der Waals surface area contributed by atoms with Crippen LogP contribution < -0.4 is 4.72 Å². The zero-order valence-electron chi connectivity index (χ0n) is 11.8. The van der Waals surface area contributed by atoms with Crippen molar-refractivity contribution in [2.45, 2.75) is 36.9 Å². The van der Waals surface area contributed by atoms with Crippen molar-refractivity contribution < 1.29 is 8.42 Å². The van der Waals surface area contributed by atoms with E-state index in [9.17, 15) is 8.42 Å². The van der Waals surface area contributed by atoms with E-state index in [0.29, 0.717) is 16.8 Å². The third-order valence-corrected chi connectivity index (χ3v) is 6.82. The molecule has 114 valence electrons. The van der Waals surface area contributed by atoms with Gasteiger partial charge in [-0.25, -0.2) is 13.1 Å². The van der Waals surface area contributed by atoms with Gasteiger partial charge in [0.15, 0.2) is 0 Å². The van der Waals surface area contributed by atoms with Gasteiger partial charge in [0.2, 0.25) is 10.0 Å². The highest BCUT2D eigenvalue weighted by Gasteiger charge is 2.26. The molecule has 1 aromatic heterocycles. The van der Waals surface area contributed by atoms with E-state index in [1.165, 1.54) is 12.8 Å². The lowest BCUT2D eigenvalue weighted by Gasteiger charge is -2.30.